The number of halogens is 1. The minimum Gasteiger partial charge on any atom is -0.423 e. The topological polar surface area (TPSA) is 73.3 Å². The molecule has 0 saturated carbocycles. The molecule has 0 amide bonds. The maximum atomic E-state index is 13.6. The highest BCUT2D eigenvalue weighted by Crippen LogP contribution is 2.23. The van der Waals surface area contributed by atoms with E-state index in [1.807, 2.05) is 0 Å². The third kappa shape index (κ3) is 2.59. The van der Waals surface area contributed by atoms with E-state index in [2.05, 4.69) is 4.98 Å². The summed E-state index contributed by atoms with van der Waals surface area (Å²) in [4.78, 5) is 14.2. The quantitative estimate of drug-likeness (QED) is 0.615. The van der Waals surface area contributed by atoms with E-state index in [4.69, 9.17) is 0 Å². The molecule has 0 radical (unpaired) electrons. The molecule has 4 nitrogen and oxygen atoms in total. The Morgan fingerprint density at radius 2 is 1.81 bits per heavy atom. The number of fused-ring (bicyclic) bond motifs is 1. The van der Waals surface area contributed by atoms with Crippen molar-refractivity contribution in [1.82, 2.24) is 4.98 Å². The van der Waals surface area contributed by atoms with E-state index in [0.29, 0.717) is 16.5 Å². The van der Waals surface area contributed by atoms with Gasteiger partial charge in [-0.15, -0.1) is 0 Å². The van der Waals surface area contributed by atoms with Gasteiger partial charge in [0, 0.05) is 11.6 Å². The van der Waals surface area contributed by atoms with Gasteiger partial charge in [0.15, 0.2) is 0 Å². The Kier molecular flexibility index (Phi) is 3.33. The van der Waals surface area contributed by atoms with Gasteiger partial charge >= 0.3 is 7.12 Å². The number of aromatic nitrogens is 1. The summed E-state index contributed by atoms with van der Waals surface area (Å²) in [7, 11) is -1.73. The predicted octanol–water partition coefficient (Wildman–Crippen LogP) is 1.01. The van der Waals surface area contributed by atoms with Crippen molar-refractivity contribution < 1.29 is 14.4 Å². The fourth-order valence-electron chi connectivity index (χ4n) is 2.30. The Morgan fingerprint density at radius 1 is 1.00 bits per heavy atom. The summed E-state index contributed by atoms with van der Waals surface area (Å²) in [6.07, 6.45) is 1.54. The molecule has 0 spiro atoms. The first kappa shape index (κ1) is 13.5. The fourth-order valence-corrected chi connectivity index (χ4v) is 2.30. The second kappa shape index (κ2) is 5.16. The van der Waals surface area contributed by atoms with Gasteiger partial charge in [0.1, 0.15) is 5.82 Å². The minimum atomic E-state index is -1.73. The van der Waals surface area contributed by atoms with Crippen molar-refractivity contribution in [3.05, 3.63) is 64.8 Å². The lowest BCUT2D eigenvalue weighted by Crippen LogP contribution is -2.30. The summed E-state index contributed by atoms with van der Waals surface area (Å²) >= 11 is 0. The molecule has 0 aliphatic carbocycles. The van der Waals surface area contributed by atoms with Gasteiger partial charge in [0.2, 0.25) is 0 Å². The van der Waals surface area contributed by atoms with Crippen LogP contribution in [0.3, 0.4) is 0 Å². The number of nitrogens with one attached hydrogen (secondary N) is 1. The van der Waals surface area contributed by atoms with Crippen LogP contribution in [-0.2, 0) is 0 Å². The van der Waals surface area contributed by atoms with E-state index in [1.54, 1.807) is 30.5 Å². The molecular weight excluding hydrogens is 272 g/mol. The lowest BCUT2D eigenvalue weighted by atomic mass is 9.79. The van der Waals surface area contributed by atoms with E-state index in [9.17, 15) is 19.2 Å². The molecule has 3 N–H and O–H groups in total. The van der Waals surface area contributed by atoms with Gasteiger partial charge < -0.3 is 15.0 Å². The predicted molar refractivity (Wildman–Crippen MR) is 79.8 cm³/mol. The number of benzene rings is 2. The Labute approximate surface area is 119 Å². The molecular formula is C15H11BFNO3. The number of pyridine rings is 1. The Hall–Kier alpha value is -2.44. The number of aromatic amines is 1. The van der Waals surface area contributed by atoms with E-state index in [-0.39, 0.29) is 11.0 Å². The molecule has 3 rings (SSSR count). The maximum absolute atomic E-state index is 13.6. The summed E-state index contributed by atoms with van der Waals surface area (Å²) in [6, 6.07) is 10.7. The zero-order chi connectivity index (χ0) is 15.0. The maximum Gasteiger partial charge on any atom is 0.488 e. The molecule has 0 aliphatic heterocycles. The lowest BCUT2D eigenvalue weighted by molar-refractivity contribution is 0.425. The molecule has 104 valence electrons. The van der Waals surface area contributed by atoms with E-state index < -0.39 is 12.9 Å². The molecule has 0 saturated heterocycles. The van der Waals surface area contributed by atoms with Crippen LogP contribution >= 0.6 is 0 Å². The standard InChI is InChI=1S/C15H11BFNO3/c17-13-7-11(6-12(8-13)16(20)21)9-1-2-14-10(5-9)3-4-18-15(14)19/h1-8,20-21H,(H,18,19). The summed E-state index contributed by atoms with van der Waals surface area (Å²) < 4.78 is 13.6. The van der Waals surface area contributed by atoms with Crippen LogP contribution in [-0.4, -0.2) is 22.2 Å². The van der Waals surface area contributed by atoms with Crippen molar-refractivity contribution in [2.45, 2.75) is 0 Å². The summed E-state index contributed by atoms with van der Waals surface area (Å²) in [5.41, 5.74) is 1.09. The van der Waals surface area contributed by atoms with Crippen molar-refractivity contribution in [1.29, 1.82) is 0 Å². The molecule has 3 aromatic rings. The van der Waals surface area contributed by atoms with Gasteiger partial charge in [-0.2, -0.15) is 0 Å². The largest absolute Gasteiger partial charge is 0.488 e. The molecule has 0 bridgehead atoms. The number of H-pyrrole nitrogens is 1. The monoisotopic (exact) mass is 283 g/mol. The van der Waals surface area contributed by atoms with Gasteiger partial charge in [-0.05, 0) is 52.3 Å². The van der Waals surface area contributed by atoms with Crippen LogP contribution in [0.2, 0.25) is 0 Å². The van der Waals surface area contributed by atoms with Crippen LogP contribution in [0, 0.1) is 5.82 Å². The average molecular weight is 283 g/mol. The highest BCUT2D eigenvalue weighted by Gasteiger charge is 2.14. The fraction of sp³-hybridized carbons (Fsp3) is 0. The molecule has 0 unspecified atom stereocenters. The van der Waals surface area contributed by atoms with E-state index >= 15 is 0 Å². The summed E-state index contributed by atoms with van der Waals surface area (Å²) in [5, 5.41) is 19.6. The highest BCUT2D eigenvalue weighted by atomic mass is 19.1. The van der Waals surface area contributed by atoms with E-state index in [0.717, 1.165) is 11.5 Å². The van der Waals surface area contributed by atoms with Crippen LogP contribution in [0.1, 0.15) is 0 Å². The van der Waals surface area contributed by atoms with E-state index in [1.165, 1.54) is 12.1 Å². The first-order valence-electron chi connectivity index (χ1n) is 6.33. The van der Waals surface area contributed by atoms with Crippen LogP contribution in [0.15, 0.2) is 53.5 Å². The number of hydrogen-bond acceptors (Lipinski definition) is 3. The summed E-state index contributed by atoms with van der Waals surface area (Å²) in [5.74, 6) is -0.554. The molecule has 0 atom stereocenters. The second-order valence-electron chi connectivity index (χ2n) is 4.76. The van der Waals surface area contributed by atoms with Gasteiger partial charge in [-0.3, -0.25) is 4.79 Å². The second-order valence-corrected chi connectivity index (χ2v) is 4.76. The van der Waals surface area contributed by atoms with Gasteiger partial charge in [0.05, 0.1) is 0 Å². The average Bonchev–Trinajstić information content (AvgIpc) is 2.46. The van der Waals surface area contributed by atoms with Gasteiger partial charge in [-0.1, -0.05) is 12.1 Å². The Morgan fingerprint density at radius 3 is 2.57 bits per heavy atom. The van der Waals surface area contributed by atoms with Crippen molar-refractivity contribution in [2.75, 3.05) is 0 Å². The third-order valence-electron chi connectivity index (χ3n) is 3.33. The zero-order valence-corrected chi connectivity index (χ0v) is 10.9. The van der Waals surface area contributed by atoms with Gasteiger partial charge in [0.25, 0.3) is 5.56 Å². The first-order chi connectivity index (χ1) is 10.0. The van der Waals surface area contributed by atoms with Crippen LogP contribution in [0.5, 0.6) is 0 Å². The molecule has 1 aromatic heterocycles. The normalized spacial score (nSPS) is 10.8. The lowest BCUT2D eigenvalue weighted by Gasteiger charge is -2.07. The van der Waals surface area contributed by atoms with Crippen molar-refractivity contribution in [2.24, 2.45) is 0 Å². The molecule has 1 heterocycles. The van der Waals surface area contributed by atoms with Crippen molar-refractivity contribution >= 4 is 23.4 Å². The molecule has 21 heavy (non-hydrogen) atoms. The smallest absolute Gasteiger partial charge is 0.423 e. The van der Waals surface area contributed by atoms with Crippen LogP contribution in [0.25, 0.3) is 21.9 Å². The Bertz CT molecular complexity index is 876. The molecule has 0 fully saturated rings. The van der Waals surface area contributed by atoms with Crippen molar-refractivity contribution in [3.63, 3.8) is 0 Å². The third-order valence-corrected chi connectivity index (χ3v) is 3.33. The molecule has 2 aromatic carbocycles. The SMILES string of the molecule is O=c1[nH]ccc2cc(-c3cc(F)cc(B(O)O)c3)ccc12. The van der Waals surface area contributed by atoms with Crippen LogP contribution in [0.4, 0.5) is 4.39 Å². The highest BCUT2D eigenvalue weighted by molar-refractivity contribution is 6.58. The molecule has 0 aliphatic rings. The minimum absolute atomic E-state index is 0.0796. The molecule has 6 heteroatoms. The van der Waals surface area contributed by atoms with Crippen LogP contribution < -0.4 is 11.0 Å². The first-order valence-corrected chi connectivity index (χ1v) is 6.33. The number of hydrogen-bond donors (Lipinski definition) is 3. The van der Waals surface area contributed by atoms with Gasteiger partial charge in [-0.25, -0.2) is 4.39 Å². The summed E-state index contributed by atoms with van der Waals surface area (Å²) in [6.45, 7) is 0. The van der Waals surface area contributed by atoms with Crippen molar-refractivity contribution in [3.8, 4) is 11.1 Å². The number of rotatable bonds is 2. The zero-order valence-electron chi connectivity index (χ0n) is 10.9. The Balaban J connectivity index is 2.18.